The highest BCUT2D eigenvalue weighted by molar-refractivity contribution is 6.42. The van der Waals surface area contributed by atoms with Crippen LogP contribution in [0.4, 0.5) is 5.95 Å². The van der Waals surface area contributed by atoms with Crippen LogP contribution >= 0.6 is 23.2 Å². The summed E-state index contributed by atoms with van der Waals surface area (Å²) in [6.45, 7) is 0. The maximum absolute atomic E-state index is 11.6. The molecule has 18 heavy (non-hydrogen) atoms. The van der Waals surface area contributed by atoms with Gasteiger partial charge in [-0.3, -0.25) is 9.78 Å². The van der Waals surface area contributed by atoms with Crippen molar-refractivity contribution in [2.75, 3.05) is 5.73 Å². The zero-order chi connectivity index (χ0) is 13.3. The number of rotatable bonds is 1. The fourth-order valence-electron chi connectivity index (χ4n) is 1.45. The number of nitrogens with two attached hydrogens (primary N) is 1. The van der Waals surface area contributed by atoms with Crippen LogP contribution < -0.4 is 11.3 Å². The number of nitrogens with one attached hydrogen (secondary N) is 1. The summed E-state index contributed by atoms with van der Waals surface area (Å²) in [5, 5.41) is 9.64. The summed E-state index contributed by atoms with van der Waals surface area (Å²) in [5.41, 5.74) is 5.42. The zero-order valence-corrected chi connectivity index (χ0v) is 10.4. The number of benzene rings is 1. The predicted octanol–water partition coefficient (Wildman–Crippen LogP) is 2.20. The average Bonchev–Trinajstić information content (AvgIpc) is 2.32. The van der Waals surface area contributed by atoms with Crippen LogP contribution in [0.5, 0.6) is 0 Å². The van der Waals surface area contributed by atoms with Crippen molar-refractivity contribution in [2.45, 2.75) is 0 Å². The highest BCUT2D eigenvalue weighted by Crippen LogP contribution is 2.28. The van der Waals surface area contributed by atoms with E-state index in [-0.39, 0.29) is 17.2 Å². The van der Waals surface area contributed by atoms with E-state index in [0.717, 1.165) is 0 Å². The Bertz CT molecular complexity index is 718. The molecular formula is C11H6Cl2N4O. The fraction of sp³-hybridized carbons (Fsp3) is 0. The lowest BCUT2D eigenvalue weighted by atomic mass is 10.1. The van der Waals surface area contributed by atoms with Crippen molar-refractivity contribution < 1.29 is 0 Å². The van der Waals surface area contributed by atoms with Crippen molar-refractivity contribution in [1.29, 1.82) is 5.26 Å². The number of aromatic nitrogens is 2. The van der Waals surface area contributed by atoms with Gasteiger partial charge < -0.3 is 5.73 Å². The van der Waals surface area contributed by atoms with Gasteiger partial charge in [-0.25, -0.2) is 4.98 Å². The molecule has 2 aromatic rings. The standard InChI is InChI=1S/C11H6Cl2N4O/c12-7-2-1-5(3-8(7)13)9-6(4-14)10(18)17-11(15)16-9/h1-3H,(H3,15,16,17,18). The smallest absolute Gasteiger partial charge is 0.270 e. The molecule has 0 saturated carbocycles. The van der Waals surface area contributed by atoms with Crippen molar-refractivity contribution in [3.8, 4) is 17.3 Å². The average molecular weight is 281 g/mol. The van der Waals surface area contributed by atoms with Crippen LogP contribution in [0.25, 0.3) is 11.3 Å². The first-order valence-electron chi connectivity index (χ1n) is 4.78. The number of hydrogen-bond donors (Lipinski definition) is 2. The van der Waals surface area contributed by atoms with Gasteiger partial charge >= 0.3 is 0 Å². The van der Waals surface area contributed by atoms with Crippen molar-refractivity contribution in [1.82, 2.24) is 9.97 Å². The van der Waals surface area contributed by atoms with Crippen LogP contribution in [0.3, 0.4) is 0 Å². The molecule has 0 atom stereocenters. The third-order valence-electron chi connectivity index (χ3n) is 2.24. The second-order valence-electron chi connectivity index (χ2n) is 3.42. The van der Waals surface area contributed by atoms with Gasteiger partial charge in [0.05, 0.1) is 15.7 Å². The molecule has 3 N–H and O–H groups in total. The van der Waals surface area contributed by atoms with Crippen LogP contribution in [0, 0.1) is 11.3 Å². The summed E-state index contributed by atoms with van der Waals surface area (Å²) >= 11 is 11.7. The largest absolute Gasteiger partial charge is 0.369 e. The Morgan fingerprint density at radius 2 is 2.06 bits per heavy atom. The Hall–Kier alpha value is -2.03. The van der Waals surface area contributed by atoms with Crippen LogP contribution in [0.1, 0.15) is 5.56 Å². The second-order valence-corrected chi connectivity index (χ2v) is 4.23. The number of aromatic amines is 1. The maximum Gasteiger partial charge on any atom is 0.270 e. The molecule has 1 aromatic carbocycles. The zero-order valence-electron chi connectivity index (χ0n) is 8.87. The SMILES string of the molecule is N#Cc1c(-c2ccc(Cl)c(Cl)c2)nc(N)[nH]c1=O. The summed E-state index contributed by atoms with van der Waals surface area (Å²) in [6.07, 6.45) is 0. The molecule has 0 unspecified atom stereocenters. The summed E-state index contributed by atoms with van der Waals surface area (Å²) < 4.78 is 0. The Labute approximate surface area is 112 Å². The molecule has 1 aromatic heterocycles. The van der Waals surface area contributed by atoms with Crippen molar-refractivity contribution in [3.63, 3.8) is 0 Å². The van der Waals surface area contributed by atoms with Gasteiger partial charge in [0.2, 0.25) is 5.95 Å². The van der Waals surface area contributed by atoms with E-state index in [9.17, 15) is 4.79 Å². The summed E-state index contributed by atoms with van der Waals surface area (Å²) in [5.74, 6) is -0.0694. The van der Waals surface area contributed by atoms with Crippen molar-refractivity contribution in [3.05, 3.63) is 44.2 Å². The minimum atomic E-state index is -0.592. The number of hydrogen-bond acceptors (Lipinski definition) is 4. The van der Waals surface area contributed by atoms with Gasteiger partial charge in [0.25, 0.3) is 5.56 Å². The molecule has 0 aliphatic carbocycles. The van der Waals surface area contributed by atoms with Crippen LogP contribution in [-0.2, 0) is 0 Å². The van der Waals surface area contributed by atoms with Gasteiger partial charge in [0.1, 0.15) is 11.6 Å². The number of halogens is 2. The third-order valence-corrected chi connectivity index (χ3v) is 2.98. The third kappa shape index (κ3) is 2.16. The van der Waals surface area contributed by atoms with E-state index in [1.54, 1.807) is 18.2 Å². The molecule has 7 heteroatoms. The summed E-state index contributed by atoms with van der Waals surface area (Å²) in [7, 11) is 0. The molecule has 0 fully saturated rings. The second kappa shape index (κ2) is 4.69. The quantitative estimate of drug-likeness (QED) is 0.837. The van der Waals surface area contributed by atoms with Gasteiger partial charge in [-0.05, 0) is 12.1 Å². The number of nitrogen functional groups attached to an aromatic ring is 1. The minimum Gasteiger partial charge on any atom is -0.369 e. The van der Waals surface area contributed by atoms with Gasteiger partial charge in [0.15, 0.2) is 0 Å². The van der Waals surface area contributed by atoms with E-state index in [1.165, 1.54) is 6.07 Å². The molecule has 0 aliphatic rings. The lowest BCUT2D eigenvalue weighted by molar-refractivity contribution is 1.12. The number of nitrogens with zero attached hydrogens (tertiary/aromatic N) is 2. The van der Waals surface area contributed by atoms with E-state index in [1.807, 2.05) is 0 Å². The fourth-order valence-corrected chi connectivity index (χ4v) is 1.74. The highest BCUT2D eigenvalue weighted by Gasteiger charge is 2.13. The molecule has 0 saturated heterocycles. The first-order valence-corrected chi connectivity index (χ1v) is 5.54. The van der Waals surface area contributed by atoms with Crippen molar-refractivity contribution >= 4 is 29.2 Å². The molecule has 0 radical (unpaired) electrons. The summed E-state index contributed by atoms with van der Waals surface area (Å²) in [4.78, 5) is 17.8. The normalized spacial score (nSPS) is 10.1. The molecule has 1 heterocycles. The van der Waals surface area contributed by atoms with Gasteiger partial charge in [-0.15, -0.1) is 0 Å². The molecule has 90 valence electrons. The topological polar surface area (TPSA) is 95.6 Å². The Morgan fingerprint density at radius 1 is 1.33 bits per heavy atom. The Morgan fingerprint density at radius 3 is 2.67 bits per heavy atom. The Kier molecular flexibility index (Phi) is 3.24. The molecular weight excluding hydrogens is 275 g/mol. The molecule has 5 nitrogen and oxygen atoms in total. The van der Waals surface area contributed by atoms with E-state index >= 15 is 0 Å². The first kappa shape index (κ1) is 12.4. The number of H-pyrrole nitrogens is 1. The molecule has 0 bridgehead atoms. The van der Waals surface area contributed by atoms with Crippen LogP contribution in [0.2, 0.25) is 10.0 Å². The Balaban J connectivity index is 2.75. The molecule has 0 spiro atoms. The van der Waals surface area contributed by atoms with E-state index in [4.69, 9.17) is 34.2 Å². The number of nitriles is 1. The maximum atomic E-state index is 11.6. The van der Waals surface area contributed by atoms with E-state index in [2.05, 4.69) is 9.97 Å². The van der Waals surface area contributed by atoms with Crippen molar-refractivity contribution in [2.24, 2.45) is 0 Å². The molecule has 2 rings (SSSR count). The lowest BCUT2D eigenvalue weighted by Crippen LogP contribution is -2.16. The molecule has 0 amide bonds. The highest BCUT2D eigenvalue weighted by atomic mass is 35.5. The van der Waals surface area contributed by atoms with Crippen LogP contribution in [-0.4, -0.2) is 9.97 Å². The minimum absolute atomic E-state index is 0.0694. The van der Waals surface area contributed by atoms with Gasteiger partial charge in [-0.2, -0.15) is 5.26 Å². The van der Waals surface area contributed by atoms with Crippen LogP contribution in [0.15, 0.2) is 23.0 Å². The lowest BCUT2D eigenvalue weighted by Gasteiger charge is -2.05. The number of anilines is 1. The molecule has 0 aliphatic heterocycles. The first-order chi connectivity index (χ1) is 8.52. The predicted molar refractivity (Wildman–Crippen MR) is 69.4 cm³/mol. The summed E-state index contributed by atoms with van der Waals surface area (Å²) in [6, 6.07) is 6.47. The van der Waals surface area contributed by atoms with E-state index < -0.39 is 5.56 Å². The van der Waals surface area contributed by atoms with E-state index in [0.29, 0.717) is 15.6 Å². The van der Waals surface area contributed by atoms with Gasteiger partial charge in [-0.1, -0.05) is 29.3 Å². The van der Waals surface area contributed by atoms with Gasteiger partial charge in [0, 0.05) is 5.56 Å². The monoisotopic (exact) mass is 280 g/mol.